The number of halogens is 1. The summed E-state index contributed by atoms with van der Waals surface area (Å²) in [6.07, 6.45) is 2.13. The van der Waals surface area contributed by atoms with E-state index in [0.29, 0.717) is 6.54 Å². The molecule has 4 heteroatoms. The normalized spacial score (nSPS) is 11.1. The lowest BCUT2D eigenvalue weighted by molar-refractivity contribution is 0.614. The van der Waals surface area contributed by atoms with E-state index in [9.17, 15) is 4.39 Å². The van der Waals surface area contributed by atoms with Crippen LogP contribution in [0.4, 0.5) is 4.39 Å². The van der Waals surface area contributed by atoms with Gasteiger partial charge in [0.1, 0.15) is 5.82 Å². The maximum Gasteiger partial charge on any atom is 0.141 e. The molecule has 0 aliphatic rings. The third-order valence-corrected chi connectivity index (χ3v) is 3.17. The molecule has 19 heavy (non-hydrogen) atoms. The van der Waals surface area contributed by atoms with Gasteiger partial charge in [0.05, 0.1) is 29.6 Å². The number of hydrogen-bond acceptors (Lipinski definition) is 2. The lowest BCUT2D eigenvalue weighted by atomic mass is 10.2. The minimum atomic E-state index is -0.316. The topological polar surface area (TPSA) is 30.7 Å². The van der Waals surface area contributed by atoms with Crippen LogP contribution in [0, 0.1) is 5.82 Å². The lowest BCUT2D eigenvalue weighted by Gasteiger charge is -2.02. The second kappa shape index (κ2) is 4.80. The first kappa shape index (κ1) is 11.8. The Bertz CT molecular complexity index is 701. The van der Waals surface area contributed by atoms with Gasteiger partial charge in [0.2, 0.25) is 0 Å². The van der Waals surface area contributed by atoms with E-state index >= 15 is 0 Å². The van der Waals surface area contributed by atoms with Crippen molar-refractivity contribution in [1.29, 1.82) is 0 Å². The smallest absolute Gasteiger partial charge is 0.141 e. The van der Waals surface area contributed by atoms with Crippen molar-refractivity contribution in [3.05, 3.63) is 59.8 Å². The fourth-order valence-corrected chi connectivity index (χ4v) is 2.23. The molecule has 0 saturated carbocycles. The average molecular weight is 255 g/mol. The summed E-state index contributed by atoms with van der Waals surface area (Å²) in [5.41, 5.74) is 2.97. The Hall–Kier alpha value is -2.23. The summed E-state index contributed by atoms with van der Waals surface area (Å²) in [5.74, 6) is -0.316. The van der Waals surface area contributed by atoms with Gasteiger partial charge in [-0.25, -0.2) is 4.39 Å². The Balaban J connectivity index is 2.03. The van der Waals surface area contributed by atoms with E-state index in [1.165, 1.54) is 17.6 Å². The fraction of sp³-hybridized carbons (Fsp3) is 0.200. The molecule has 3 rings (SSSR count). The van der Waals surface area contributed by atoms with Crippen LogP contribution in [-0.4, -0.2) is 14.8 Å². The monoisotopic (exact) mass is 255 g/mol. The molecular formula is C15H14FN3. The summed E-state index contributed by atoms with van der Waals surface area (Å²) in [7, 11) is 0. The predicted molar refractivity (Wildman–Crippen MR) is 72.4 cm³/mol. The van der Waals surface area contributed by atoms with E-state index in [-0.39, 0.29) is 5.82 Å². The number of nitrogens with zero attached hydrogens (tertiary/aromatic N) is 3. The highest BCUT2D eigenvalue weighted by molar-refractivity contribution is 5.81. The molecule has 0 amide bonds. The molecule has 2 heterocycles. The Kier molecular flexibility index (Phi) is 2.99. The number of aromatic nitrogens is 3. The van der Waals surface area contributed by atoms with Crippen LogP contribution in [0.3, 0.4) is 0 Å². The first-order valence-electron chi connectivity index (χ1n) is 6.33. The quantitative estimate of drug-likeness (QED) is 0.719. The molecule has 3 nitrogen and oxygen atoms in total. The minimum absolute atomic E-state index is 0.316. The maximum absolute atomic E-state index is 12.9. The second-order valence-electron chi connectivity index (χ2n) is 4.44. The third kappa shape index (κ3) is 2.21. The van der Waals surface area contributed by atoms with Gasteiger partial charge < -0.3 is 0 Å². The average Bonchev–Trinajstić information content (AvgIpc) is 2.80. The molecular weight excluding hydrogens is 241 g/mol. The molecule has 0 atom stereocenters. The number of hydrogen-bond donors (Lipinski definition) is 0. The molecule has 0 N–H and O–H groups in total. The van der Waals surface area contributed by atoms with Gasteiger partial charge in [-0.05, 0) is 24.6 Å². The van der Waals surface area contributed by atoms with Crippen LogP contribution in [0.1, 0.15) is 18.3 Å². The molecule has 0 radical (unpaired) electrons. The Morgan fingerprint density at radius 2 is 2.00 bits per heavy atom. The zero-order chi connectivity index (χ0) is 13.2. The molecule has 96 valence electrons. The highest BCUT2D eigenvalue weighted by atomic mass is 19.1. The van der Waals surface area contributed by atoms with Crippen molar-refractivity contribution in [3.63, 3.8) is 0 Å². The molecule has 0 unspecified atom stereocenters. The van der Waals surface area contributed by atoms with Gasteiger partial charge in [-0.2, -0.15) is 5.10 Å². The van der Waals surface area contributed by atoms with Crippen molar-refractivity contribution >= 4 is 10.9 Å². The van der Waals surface area contributed by atoms with Crippen molar-refractivity contribution in [3.8, 4) is 0 Å². The summed E-state index contributed by atoms with van der Waals surface area (Å²) in [5, 5.41) is 5.78. The van der Waals surface area contributed by atoms with Crippen LogP contribution in [0.25, 0.3) is 10.9 Å². The number of fused-ring (bicyclic) bond motifs is 1. The Labute approximate surface area is 110 Å². The molecule has 0 spiro atoms. The summed E-state index contributed by atoms with van der Waals surface area (Å²) in [6, 6.07) is 11.3. The molecule has 0 aliphatic carbocycles. The number of para-hydroxylation sites is 1. The van der Waals surface area contributed by atoms with Gasteiger partial charge in [0.15, 0.2) is 0 Å². The first-order chi connectivity index (χ1) is 9.28. The SMILES string of the molecule is CCc1nn(Cc2ccc(F)cn2)c2ccccc12. The molecule has 2 aromatic heterocycles. The second-order valence-corrected chi connectivity index (χ2v) is 4.44. The van der Waals surface area contributed by atoms with E-state index in [1.807, 2.05) is 22.9 Å². The van der Waals surface area contributed by atoms with Crippen molar-refractivity contribution in [2.45, 2.75) is 19.9 Å². The van der Waals surface area contributed by atoms with Crippen LogP contribution >= 0.6 is 0 Å². The zero-order valence-corrected chi connectivity index (χ0v) is 10.7. The van der Waals surface area contributed by atoms with Gasteiger partial charge in [-0.3, -0.25) is 9.67 Å². The molecule has 0 bridgehead atoms. The zero-order valence-electron chi connectivity index (χ0n) is 10.7. The van der Waals surface area contributed by atoms with Crippen molar-refractivity contribution in [2.75, 3.05) is 0 Å². The minimum Gasteiger partial charge on any atom is -0.259 e. The van der Waals surface area contributed by atoms with Gasteiger partial charge in [0.25, 0.3) is 0 Å². The van der Waals surface area contributed by atoms with Gasteiger partial charge in [-0.15, -0.1) is 0 Å². The first-order valence-corrected chi connectivity index (χ1v) is 6.33. The molecule has 0 fully saturated rings. The van der Waals surface area contributed by atoms with E-state index in [1.54, 1.807) is 6.07 Å². The van der Waals surface area contributed by atoms with Gasteiger partial charge >= 0.3 is 0 Å². The van der Waals surface area contributed by atoms with Crippen LogP contribution in [0.15, 0.2) is 42.6 Å². The highest BCUT2D eigenvalue weighted by Gasteiger charge is 2.09. The molecule has 3 aromatic rings. The van der Waals surface area contributed by atoms with Crippen LogP contribution in [-0.2, 0) is 13.0 Å². The van der Waals surface area contributed by atoms with Crippen LogP contribution in [0.5, 0.6) is 0 Å². The molecule has 1 aromatic carbocycles. The van der Waals surface area contributed by atoms with Gasteiger partial charge in [-0.1, -0.05) is 25.1 Å². The summed E-state index contributed by atoms with van der Waals surface area (Å²) in [6.45, 7) is 2.65. The highest BCUT2D eigenvalue weighted by Crippen LogP contribution is 2.19. The predicted octanol–water partition coefficient (Wildman–Crippen LogP) is 3.18. The fourth-order valence-electron chi connectivity index (χ4n) is 2.23. The van der Waals surface area contributed by atoms with E-state index in [0.717, 1.165) is 23.3 Å². The maximum atomic E-state index is 12.9. The lowest BCUT2D eigenvalue weighted by Crippen LogP contribution is -2.04. The molecule has 0 aliphatic heterocycles. The van der Waals surface area contributed by atoms with E-state index in [4.69, 9.17) is 0 Å². The van der Waals surface area contributed by atoms with E-state index < -0.39 is 0 Å². The number of aryl methyl sites for hydroxylation is 1. The Morgan fingerprint density at radius 1 is 1.16 bits per heavy atom. The largest absolute Gasteiger partial charge is 0.259 e. The third-order valence-electron chi connectivity index (χ3n) is 3.17. The standard InChI is InChI=1S/C15H14FN3/c1-2-14-13-5-3-4-6-15(13)19(18-14)10-12-8-7-11(16)9-17-12/h3-9H,2,10H2,1H3. The van der Waals surface area contributed by atoms with Crippen LogP contribution < -0.4 is 0 Å². The Morgan fingerprint density at radius 3 is 2.74 bits per heavy atom. The van der Waals surface area contributed by atoms with Crippen LogP contribution in [0.2, 0.25) is 0 Å². The number of benzene rings is 1. The summed E-state index contributed by atoms with van der Waals surface area (Å²) in [4.78, 5) is 4.08. The number of rotatable bonds is 3. The molecule has 0 saturated heterocycles. The van der Waals surface area contributed by atoms with Gasteiger partial charge in [0, 0.05) is 5.39 Å². The summed E-state index contributed by atoms with van der Waals surface area (Å²) >= 11 is 0. The number of pyridine rings is 1. The van der Waals surface area contributed by atoms with Crippen molar-refractivity contribution < 1.29 is 4.39 Å². The van der Waals surface area contributed by atoms with Crippen molar-refractivity contribution in [1.82, 2.24) is 14.8 Å². The van der Waals surface area contributed by atoms with Crippen molar-refractivity contribution in [2.24, 2.45) is 0 Å². The summed E-state index contributed by atoms with van der Waals surface area (Å²) < 4.78 is 14.8. The van der Waals surface area contributed by atoms with E-state index in [2.05, 4.69) is 23.1 Å².